The fourth-order valence-corrected chi connectivity index (χ4v) is 5.78. The second-order valence-electron chi connectivity index (χ2n) is 11.0. The molecule has 0 radical (unpaired) electrons. The number of rotatable bonds is 1. The summed E-state index contributed by atoms with van der Waals surface area (Å²) in [5.74, 6) is 1.61. The molecule has 0 fully saturated rings. The molecule has 0 saturated carbocycles. The highest BCUT2D eigenvalue weighted by molar-refractivity contribution is 6.01. The molecule has 0 bridgehead atoms. The van der Waals surface area contributed by atoms with Crippen molar-refractivity contribution in [2.24, 2.45) is 5.41 Å². The first-order valence-electron chi connectivity index (χ1n) is 12.2. The Morgan fingerprint density at radius 3 is 2.40 bits per heavy atom. The van der Waals surface area contributed by atoms with E-state index in [9.17, 15) is 9.59 Å². The van der Waals surface area contributed by atoms with E-state index in [4.69, 9.17) is 9.15 Å². The number of nitrogens with zero attached hydrogens (tertiary/aromatic N) is 1. The van der Waals surface area contributed by atoms with Crippen LogP contribution < -0.4 is 10.3 Å². The smallest absolute Gasteiger partial charge is 0.208 e. The first kappa shape index (κ1) is 21.9. The molecule has 3 aromatic rings. The molecule has 5 heteroatoms. The summed E-state index contributed by atoms with van der Waals surface area (Å²) in [7, 11) is 0. The third-order valence-corrected chi connectivity index (χ3v) is 7.51. The van der Waals surface area contributed by atoms with Crippen molar-refractivity contribution < 1.29 is 13.9 Å². The lowest BCUT2D eigenvalue weighted by atomic mass is 9.69. The van der Waals surface area contributed by atoms with E-state index in [-0.39, 0.29) is 16.6 Å². The van der Waals surface area contributed by atoms with E-state index in [0.29, 0.717) is 53.1 Å². The summed E-state index contributed by atoms with van der Waals surface area (Å²) in [5, 5.41) is 0.545. The highest BCUT2D eigenvalue weighted by Crippen LogP contribution is 2.53. The number of hydrogen-bond acceptors (Lipinski definition) is 5. The highest BCUT2D eigenvalue weighted by atomic mass is 16.5. The van der Waals surface area contributed by atoms with E-state index in [2.05, 4.69) is 26.0 Å². The molecule has 178 valence electrons. The van der Waals surface area contributed by atoms with Gasteiger partial charge in [-0.1, -0.05) is 43.2 Å². The lowest BCUT2D eigenvalue weighted by Gasteiger charge is -2.43. The summed E-state index contributed by atoms with van der Waals surface area (Å²) >= 11 is 0. The Morgan fingerprint density at radius 2 is 1.66 bits per heavy atom. The monoisotopic (exact) mass is 467 g/mol. The van der Waals surface area contributed by atoms with Gasteiger partial charge in [0.05, 0.1) is 23.4 Å². The van der Waals surface area contributed by atoms with Crippen LogP contribution in [-0.2, 0) is 9.53 Å². The zero-order chi connectivity index (χ0) is 24.6. The highest BCUT2D eigenvalue weighted by Gasteiger charge is 2.47. The van der Waals surface area contributed by atoms with Crippen LogP contribution in [0.3, 0.4) is 0 Å². The molecule has 1 unspecified atom stereocenters. The largest absolute Gasteiger partial charge is 0.466 e. The quantitative estimate of drug-likeness (QED) is 0.404. The SMILES string of the molecule is CC1=C2CN(c3ccc(C)cc3)c3oc4ccc(C)cc4c(=O)c3C2C2=C(CC(C)(C)CC2=O)O1. The van der Waals surface area contributed by atoms with Gasteiger partial charge in [-0.15, -0.1) is 0 Å². The summed E-state index contributed by atoms with van der Waals surface area (Å²) in [6.07, 6.45) is 1.11. The number of anilines is 2. The van der Waals surface area contributed by atoms with E-state index in [1.165, 1.54) is 0 Å². The second-order valence-corrected chi connectivity index (χ2v) is 11.0. The average Bonchev–Trinajstić information content (AvgIpc) is 2.78. The Labute approximate surface area is 204 Å². The minimum Gasteiger partial charge on any atom is -0.466 e. The lowest BCUT2D eigenvalue weighted by Crippen LogP contribution is -2.40. The predicted molar refractivity (Wildman–Crippen MR) is 137 cm³/mol. The van der Waals surface area contributed by atoms with Crippen molar-refractivity contribution in [1.82, 2.24) is 0 Å². The first-order chi connectivity index (χ1) is 16.6. The number of benzene rings is 2. The minimum atomic E-state index is -0.444. The van der Waals surface area contributed by atoms with E-state index in [1.807, 2.05) is 56.0 Å². The van der Waals surface area contributed by atoms with Gasteiger partial charge in [-0.05, 0) is 50.5 Å². The van der Waals surface area contributed by atoms with E-state index in [0.717, 1.165) is 28.1 Å². The normalized spacial score (nSPS) is 21.0. The summed E-state index contributed by atoms with van der Waals surface area (Å²) < 4.78 is 12.8. The van der Waals surface area contributed by atoms with Gasteiger partial charge in [0.1, 0.15) is 17.1 Å². The topological polar surface area (TPSA) is 59.8 Å². The third kappa shape index (κ3) is 3.36. The molecule has 3 heterocycles. The number of hydrogen-bond donors (Lipinski definition) is 0. The Hall–Kier alpha value is -3.60. The molecule has 5 nitrogen and oxygen atoms in total. The van der Waals surface area contributed by atoms with Crippen molar-refractivity contribution >= 4 is 28.3 Å². The number of fused-ring (bicyclic) bond motifs is 5. The molecular weight excluding hydrogens is 438 g/mol. The summed E-state index contributed by atoms with van der Waals surface area (Å²) in [6.45, 7) is 10.6. The van der Waals surface area contributed by atoms with E-state index in [1.54, 1.807) is 0 Å². The van der Waals surface area contributed by atoms with Crippen molar-refractivity contribution in [1.29, 1.82) is 0 Å². The molecule has 2 aromatic carbocycles. The number of ketones is 1. The number of carbonyl (C=O) groups excluding carboxylic acids is 1. The molecule has 0 amide bonds. The maximum absolute atomic E-state index is 14.1. The summed E-state index contributed by atoms with van der Waals surface area (Å²) in [5.41, 5.74) is 5.49. The summed E-state index contributed by atoms with van der Waals surface area (Å²) in [4.78, 5) is 29.7. The molecule has 35 heavy (non-hydrogen) atoms. The Balaban J connectivity index is 1.67. The zero-order valence-corrected chi connectivity index (χ0v) is 20.8. The van der Waals surface area contributed by atoms with Crippen LogP contribution in [-0.4, -0.2) is 12.3 Å². The molecular formula is C30H29NO4. The van der Waals surface area contributed by atoms with Gasteiger partial charge in [-0.2, -0.15) is 0 Å². The van der Waals surface area contributed by atoms with Gasteiger partial charge >= 0.3 is 0 Å². The van der Waals surface area contributed by atoms with Crippen molar-refractivity contribution in [2.45, 2.75) is 53.4 Å². The van der Waals surface area contributed by atoms with Crippen LogP contribution >= 0.6 is 0 Å². The third-order valence-electron chi connectivity index (χ3n) is 7.51. The molecule has 0 spiro atoms. The zero-order valence-electron chi connectivity index (χ0n) is 20.8. The van der Waals surface area contributed by atoms with Crippen molar-refractivity contribution in [3.05, 3.63) is 92.0 Å². The molecule has 1 aromatic heterocycles. The second kappa shape index (κ2) is 7.45. The molecule has 1 aliphatic carbocycles. The fraction of sp³-hybridized carbons (Fsp3) is 0.333. The van der Waals surface area contributed by atoms with Crippen molar-refractivity contribution in [3.8, 4) is 0 Å². The maximum atomic E-state index is 14.1. The number of Topliss-reactive ketones (excluding diaryl/α,β-unsaturated/α-hetero) is 1. The van der Waals surface area contributed by atoms with Crippen molar-refractivity contribution in [3.63, 3.8) is 0 Å². The number of ether oxygens (including phenoxy) is 1. The van der Waals surface area contributed by atoms with Crippen LogP contribution in [0.4, 0.5) is 11.6 Å². The van der Waals surface area contributed by atoms with E-state index >= 15 is 0 Å². The Bertz CT molecular complexity index is 1540. The minimum absolute atomic E-state index is 0.0599. The molecule has 3 aliphatic rings. The van der Waals surface area contributed by atoms with Gasteiger partial charge in [0.15, 0.2) is 11.2 Å². The van der Waals surface area contributed by atoms with Gasteiger partial charge < -0.3 is 14.1 Å². The molecule has 2 aliphatic heterocycles. The maximum Gasteiger partial charge on any atom is 0.208 e. The Kier molecular flexibility index (Phi) is 4.66. The van der Waals surface area contributed by atoms with Crippen LogP contribution in [0.5, 0.6) is 0 Å². The number of carbonyl (C=O) groups is 1. The Morgan fingerprint density at radius 1 is 0.943 bits per heavy atom. The molecule has 1 atom stereocenters. The van der Waals surface area contributed by atoms with Crippen LogP contribution in [0.2, 0.25) is 0 Å². The fourth-order valence-electron chi connectivity index (χ4n) is 5.78. The number of aryl methyl sites for hydroxylation is 2. The predicted octanol–water partition coefficient (Wildman–Crippen LogP) is 6.59. The van der Waals surface area contributed by atoms with Crippen LogP contribution in [0.1, 0.15) is 56.2 Å². The van der Waals surface area contributed by atoms with Gasteiger partial charge in [0, 0.05) is 29.7 Å². The van der Waals surface area contributed by atoms with Crippen molar-refractivity contribution in [2.75, 3.05) is 11.4 Å². The van der Waals surface area contributed by atoms with E-state index < -0.39 is 5.92 Å². The summed E-state index contributed by atoms with van der Waals surface area (Å²) in [6, 6.07) is 13.9. The van der Waals surface area contributed by atoms with Gasteiger partial charge in [0.2, 0.25) is 5.88 Å². The standard InChI is InChI=1S/C30H29NO4/c1-16-6-9-19(10-7-16)31-15-21-18(3)34-24-14-30(4,5)13-22(32)26(24)25(21)27-28(33)20-12-17(2)8-11-23(20)35-29(27)31/h6-12,25H,13-15H2,1-5H3. The average molecular weight is 468 g/mol. The lowest BCUT2D eigenvalue weighted by molar-refractivity contribution is -0.119. The first-order valence-corrected chi connectivity index (χ1v) is 12.2. The van der Waals surface area contributed by atoms with Crippen LogP contribution in [0.25, 0.3) is 11.0 Å². The van der Waals surface area contributed by atoms with Crippen LogP contribution in [0, 0.1) is 19.3 Å². The van der Waals surface area contributed by atoms with Gasteiger partial charge in [-0.25, -0.2) is 0 Å². The van der Waals surface area contributed by atoms with Gasteiger partial charge in [-0.3, -0.25) is 9.59 Å². The van der Waals surface area contributed by atoms with Crippen LogP contribution in [0.15, 0.2) is 74.3 Å². The molecule has 6 rings (SSSR count). The molecule has 0 saturated heterocycles. The number of allylic oxidation sites excluding steroid dienone is 3. The molecule has 0 N–H and O–H groups in total. The van der Waals surface area contributed by atoms with Gasteiger partial charge in [0.25, 0.3) is 0 Å².